The first-order valence-electron chi connectivity index (χ1n) is 12.3. The Morgan fingerprint density at radius 3 is 2.55 bits per heavy atom. The Morgan fingerprint density at radius 2 is 1.82 bits per heavy atom. The third kappa shape index (κ3) is 5.04. The first kappa shape index (κ1) is 25.6. The van der Waals surface area contributed by atoms with Crippen molar-refractivity contribution < 1.29 is 9.13 Å². The fourth-order valence-electron chi connectivity index (χ4n) is 4.45. The Labute approximate surface area is 228 Å². The van der Waals surface area contributed by atoms with Crippen molar-refractivity contribution in [1.29, 1.82) is 0 Å². The fourth-order valence-corrected chi connectivity index (χ4v) is 4.81. The number of nitrogens with zero attached hydrogens (tertiary/aromatic N) is 4. The molecule has 2 heterocycles. The Bertz CT molecular complexity index is 1720. The summed E-state index contributed by atoms with van der Waals surface area (Å²) in [5.74, 6) is 0.974. The monoisotopic (exact) mass is 572 g/mol. The second kappa shape index (κ2) is 10.8. The number of aromatic nitrogens is 3. The van der Waals surface area contributed by atoms with E-state index in [1.807, 2.05) is 63.2 Å². The molecule has 6 nitrogen and oxygen atoms in total. The van der Waals surface area contributed by atoms with E-state index in [0.717, 1.165) is 27.1 Å². The van der Waals surface area contributed by atoms with Gasteiger partial charge in [-0.15, -0.1) is 0 Å². The predicted octanol–water partition coefficient (Wildman–Crippen LogP) is 6.73. The summed E-state index contributed by atoms with van der Waals surface area (Å²) in [4.78, 5) is 17.8. The first-order valence-corrected chi connectivity index (χ1v) is 13.1. The minimum atomic E-state index is -0.280. The standard InChI is InChI=1S/C30H26BrFN4O2/c1-4-29-34-28-14-9-23(31)16-26(28)30(37)36(29)33-17-22-15-19(2)35(20(22)3)24-10-12-25(13-11-24)38-18-21-7-5-6-8-27(21)32/h5-17H,4,18H2,1-3H3. The van der Waals surface area contributed by atoms with Crippen LogP contribution in [0.15, 0.2) is 87.2 Å². The number of hydrogen-bond acceptors (Lipinski definition) is 4. The molecule has 3 aromatic carbocycles. The maximum atomic E-state index is 13.9. The van der Waals surface area contributed by atoms with Gasteiger partial charge in [-0.2, -0.15) is 9.78 Å². The van der Waals surface area contributed by atoms with Crippen molar-refractivity contribution in [2.45, 2.75) is 33.8 Å². The predicted molar refractivity (Wildman–Crippen MR) is 152 cm³/mol. The van der Waals surface area contributed by atoms with E-state index in [2.05, 4.69) is 30.6 Å². The Morgan fingerprint density at radius 1 is 1.05 bits per heavy atom. The lowest BCUT2D eigenvalue weighted by molar-refractivity contribution is 0.300. The SMILES string of the molecule is CCc1nc2ccc(Br)cc2c(=O)n1N=Cc1cc(C)n(-c2ccc(OCc3ccccc3F)cc2)c1C. The van der Waals surface area contributed by atoms with E-state index in [1.165, 1.54) is 10.7 Å². The number of benzene rings is 3. The van der Waals surface area contributed by atoms with Crippen molar-refractivity contribution >= 4 is 33.0 Å². The molecule has 2 aromatic heterocycles. The van der Waals surface area contributed by atoms with Gasteiger partial charge >= 0.3 is 0 Å². The van der Waals surface area contributed by atoms with Crippen LogP contribution in [-0.2, 0) is 13.0 Å². The summed E-state index contributed by atoms with van der Waals surface area (Å²) < 4.78 is 24.0. The second-order valence-electron chi connectivity index (χ2n) is 8.94. The van der Waals surface area contributed by atoms with Crippen LogP contribution in [0.25, 0.3) is 16.6 Å². The zero-order valence-corrected chi connectivity index (χ0v) is 22.9. The van der Waals surface area contributed by atoms with Crippen molar-refractivity contribution in [3.63, 3.8) is 0 Å². The van der Waals surface area contributed by atoms with Crippen LogP contribution in [0.1, 0.15) is 35.3 Å². The molecule has 0 N–H and O–H groups in total. The number of ether oxygens (including phenoxy) is 1. The third-order valence-corrected chi connectivity index (χ3v) is 6.91. The quantitative estimate of drug-likeness (QED) is 0.203. The van der Waals surface area contributed by atoms with Gasteiger partial charge in [0.2, 0.25) is 0 Å². The number of hydrogen-bond donors (Lipinski definition) is 0. The Balaban J connectivity index is 1.41. The van der Waals surface area contributed by atoms with Crippen LogP contribution in [-0.4, -0.2) is 20.4 Å². The molecule has 0 unspecified atom stereocenters. The highest BCUT2D eigenvalue weighted by Crippen LogP contribution is 2.23. The van der Waals surface area contributed by atoms with Crippen LogP contribution in [0.2, 0.25) is 0 Å². The van der Waals surface area contributed by atoms with Gasteiger partial charge in [0.15, 0.2) is 0 Å². The highest BCUT2D eigenvalue weighted by atomic mass is 79.9. The molecule has 38 heavy (non-hydrogen) atoms. The molecule has 5 rings (SSSR count). The third-order valence-electron chi connectivity index (χ3n) is 6.42. The molecule has 0 aliphatic rings. The van der Waals surface area contributed by atoms with Crippen LogP contribution in [0, 0.1) is 19.7 Å². The zero-order chi connectivity index (χ0) is 26.8. The molecular formula is C30H26BrFN4O2. The first-order chi connectivity index (χ1) is 18.4. The molecular weight excluding hydrogens is 547 g/mol. The van der Waals surface area contributed by atoms with Crippen molar-refractivity contribution in [2.75, 3.05) is 0 Å². The second-order valence-corrected chi connectivity index (χ2v) is 9.86. The van der Waals surface area contributed by atoms with E-state index in [-0.39, 0.29) is 18.0 Å². The largest absolute Gasteiger partial charge is 0.489 e. The van der Waals surface area contributed by atoms with Gasteiger partial charge in [-0.3, -0.25) is 4.79 Å². The molecule has 0 spiro atoms. The summed E-state index contributed by atoms with van der Waals surface area (Å²) in [6, 6.07) is 21.8. The van der Waals surface area contributed by atoms with E-state index in [9.17, 15) is 9.18 Å². The highest BCUT2D eigenvalue weighted by Gasteiger charge is 2.12. The molecule has 0 saturated carbocycles. The van der Waals surface area contributed by atoms with E-state index in [0.29, 0.717) is 34.5 Å². The van der Waals surface area contributed by atoms with Gasteiger partial charge in [0, 0.05) is 39.1 Å². The highest BCUT2D eigenvalue weighted by molar-refractivity contribution is 9.10. The molecule has 8 heteroatoms. The summed E-state index contributed by atoms with van der Waals surface area (Å²) in [6.45, 7) is 6.14. The molecule has 0 aliphatic carbocycles. The summed E-state index contributed by atoms with van der Waals surface area (Å²) in [5, 5.41) is 5.06. The van der Waals surface area contributed by atoms with Crippen molar-refractivity contribution in [3.05, 3.63) is 122 Å². The van der Waals surface area contributed by atoms with E-state index in [1.54, 1.807) is 30.5 Å². The van der Waals surface area contributed by atoms with Crippen LogP contribution < -0.4 is 10.3 Å². The van der Waals surface area contributed by atoms with Crippen LogP contribution in [0.5, 0.6) is 5.75 Å². The lowest BCUT2D eigenvalue weighted by Crippen LogP contribution is -2.22. The molecule has 0 aliphatic heterocycles. The van der Waals surface area contributed by atoms with Crippen molar-refractivity contribution in [2.24, 2.45) is 5.10 Å². The molecule has 192 valence electrons. The molecule has 0 atom stereocenters. The van der Waals surface area contributed by atoms with Crippen LogP contribution >= 0.6 is 15.9 Å². The summed E-state index contributed by atoms with van der Waals surface area (Å²) in [6.07, 6.45) is 2.28. The lowest BCUT2D eigenvalue weighted by Gasteiger charge is -2.12. The van der Waals surface area contributed by atoms with Crippen LogP contribution in [0.3, 0.4) is 0 Å². The Kier molecular flexibility index (Phi) is 7.24. The summed E-state index contributed by atoms with van der Waals surface area (Å²) >= 11 is 3.43. The number of aryl methyl sites for hydroxylation is 2. The van der Waals surface area contributed by atoms with Gasteiger partial charge in [-0.25, -0.2) is 9.37 Å². The molecule has 0 fully saturated rings. The Hall–Kier alpha value is -4.04. The lowest BCUT2D eigenvalue weighted by atomic mass is 10.2. The molecule has 0 bridgehead atoms. The minimum Gasteiger partial charge on any atom is -0.489 e. The smallest absolute Gasteiger partial charge is 0.282 e. The van der Waals surface area contributed by atoms with Gasteiger partial charge in [-0.1, -0.05) is 41.1 Å². The molecule has 5 aromatic rings. The topological polar surface area (TPSA) is 61.4 Å². The van der Waals surface area contributed by atoms with Gasteiger partial charge in [0.25, 0.3) is 5.56 Å². The van der Waals surface area contributed by atoms with E-state index < -0.39 is 0 Å². The normalized spacial score (nSPS) is 11.5. The molecule has 0 amide bonds. The van der Waals surface area contributed by atoms with E-state index in [4.69, 9.17) is 4.74 Å². The van der Waals surface area contributed by atoms with Crippen molar-refractivity contribution in [3.8, 4) is 11.4 Å². The number of rotatable bonds is 7. The summed E-state index contributed by atoms with van der Waals surface area (Å²) in [7, 11) is 0. The van der Waals surface area contributed by atoms with Gasteiger partial charge < -0.3 is 9.30 Å². The van der Waals surface area contributed by atoms with Crippen LogP contribution in [0.4, 0.5) is 4.39 Å². The molecule has 0 saturated heterocycles. The fraction of sp³-hybridized carbons (Fsp3) is 0.167. The van der Waals surface area contributed by atoms with Gasteiger partial charge in [-0.05, 0) is 68.4 Å². The average molecular weight is 573 g/mol. The maximum absolute atomic E-state index is 13.9. The average Bonchev–Trinajstić information content (AvgIpc) is 3.20. The number of halogens is 2. The number of fused-ring (bicyclic) bond motifs is 1. The van der Waals surface area contributed by atoms with Crippen molar-refractivity contribution in [1.82, 2.24) is 14.2 Å². The summed E-state index contributed by atoms with van der Waals surface area (Å²) in [5.41, 5.74) is 4.82. The minimum absolute atomic E-state index is 0.161. The van der Waals surface area contributed by atoms with Gasteiger partial charge in [0.1, 0.15) is 24.0 Å². The van der Waals surface area contributed by atoms with E-state index >= 15 is 0 Å². The molecule has 0 radical (unpaired) electrons. The van der Waals surface area contributed by atoms with Gasteiger partial charge in [0.05, 0.1) is 17.1 Å². The maximum Gasteiger partial charge on any atom is 0.282 e. The zero-order valence-electron chi connectivity index (χ0n) is 21.3.